The molecule has 0 unspecified atom stereocenters. The van der Waals surface area contributed by atoms with E-state index in [0.717, 1.165) is 6.54 Å². The summed E-state index contributed by atoms with van der Waals surface area (Å²) < 4.78 is 4.87. The summed E-state index contributed by atoms with van der Waals surface area (Å²) in [6.45, 7) is 4.83. The van der Waals surface area contributed by atoms with Crippen molar-refractivity contribution in [3.63, 3.8) is 0 Å². The number of aryl methyl sites for hydroxylation is 1. The van der Waals surface area contributed by atoms with Gasteiger partial charge in [0.05, 0.1) is 12.7 Å². The molecule has 0 atom stereocenters. The van der Waals surface area contributed by atoms with Gasteiger partial charge >= 0.3 is 0 Å². The lowest BCUT2D eigenvalue weighted by Crippen LogP contribution is -2.07. The van der Waals surface area contributed by atoms with Crippen LogP contribution in [0.3, 0.4) is 0 Å². The summed E-state index contributed by atoms with van der Waals surface area (Å²) in [5, 5.41) is 10.3. The third-order valence-electron chi connectivity index (χ3n) is 2.06. The molecule has 0 saturated carbocycles. The molecule has 0 aliphatic carbocycles. The van der Waals surface area contributed by atoms with Crippen LogP contribution in [-0.2, 0) is 6.54 Å². The summed E-state index contributed by atoms with van der Waals surface area (Å²) in [6, 6.07) is 0. The highest BCUT2D eigenvalue weighted by molar-refractivity contribution is 6.32. The Hall–Kier alpha value is -1.89. The first kappa shape index (κ1) is 12.6. The zero-order valence-corrected chi connectivity index (χ0v) is 10.8. The third-order valence-corrected chi connectivity index (χ3v) is 2.34. The van der Waals surface area contributed by atoms with Gasteiger partial charge in [-0.1, -0.05) is 16.8 Å². The quantitative estimate of drug-likeness (QED) is 0.855. The van der Waals surface area contributed by atoms with Crippen molar-refractivity contribution >= 4 is 23.4 Å². The van der Waals surface area contributed by atoms with Gasteiger partial charge in [0.2, 0.25) is 11.8 Å². The van der Waals surface area contributed by atoms with Crippen molar-refractivity contribution in [1.82, 2.24) is 20.1 Å². The van der Waals surface area contributed by atoms with E-state index in [1.807, 2.05) is 6.92 Å². The van der Waals surface area contributed by atoms with Crippen molar-refractivity contribution < 1.29 is 4.52 Å². The largest absolute Gasteiger partial charge is 0.361 e. The molecule has 2 rings (SSSR count). The van der Waals surface area contributed by atoms with Crippen LogP contribution in [-0.4, -0.2) is 26.7 Å². The average molecular weight is 269 g/mol. The van der Waals surface area contributed by atoms with Crippen LogP contribution in [0.25, 0.3) is 0 Å². The van der Waals surface area contributed by atoms with Crippen LogP contribution in [0.15, 0.2) is 10.7 Å². The Morgan fingerprint density at radius 1 is 1.33 bits per heavy atom. The van der Waals surface area contributed by atoms with E-state index in [1.54, 1.807) is 6.92 Å². The molecule has 0 amide bonds. The van der Waals surface area contributed by atoms with Gasteiger partial charge in [0.1, 0.15) is 5.02 Å². The number of nitrogens with one attached hydrogen (secondary N) is 2. The van der Waals surface area contributed by atoms with E-state index in [-0.39, 0.29) is 0 Å². The molecule has 8 heteroatoms. The average Bonchev–Trinajstić information content (AvgIpc) is 2.76. The normalized spacial score (nSPS) is 10.4. The number of anilines is 2. The molecule has 0 radical (unpaired) electrons. The van der Waals surface area contributed by atoms with Crippen molar-refractivity contribution in [3.8, 4) is 0 Å². The van der Waals surface area contributed by atoms with Crippen LogP contribution in [0, 0.1) is 6.92 Å². The highest BCUT2D eigenvalue weighted by atomic mass is 35.5. The molecule has 0 aliphatic heterocycles. The predicted molar refractivity (Wildman–Crippen MR) is 67.6 cm³/mol. The van der Waals surface area contributed by atoms with E-state index in [2.05, 4.69) is 30.7 Å². The Bertz CT molecular complexity index is 529. The zero-order valence-electron chi connectivity index (χ0n) is 10.1. The number of hydrogen-bond donors (Lipinski definition) is 2. The molecule has 0 spiro atoms. The first-order valence-corrected chi connectivity index (χ1v) is 5.86. The second-order valence-corrected chi connectivity index (χ2v) is 3.91. The maximum absolute atomic E-state index is 5.99. The predicted octanol–water partition coefficient (Wildman–Crippen LogP) is 1.87. The molecule has 2 aromatic rings. The maximum Gasteiger partial charge on any atom is 0.224 e. The van der Waals surface area contributed by atoms with Gasteiger partial charge in [-0.25, -0.2) is 4.98 Å². The Morgan fingerprint density at radius 2 is 2.17 bits per heavy atom. The standard InChI is InChI=1S/C10H13ClN6O/c1-3-12-10-14-4-7(11)9(16-10)13-5-8-15-6(2)18-17-8/h4H,3,5H2,1-2H3,(H2,12,13,14,16). The van der Waals surface area contributed by atoms with Crippen LogP contribution in [0.5, 0.6) is 0 Å². The minimum atomic E-state index is 0.389. The maximum atomic E-state index is 5.99. The fourth-order valence-corrected chi connectivity index (χ4v) is 1.47. The van der Waals surface area contributed by atoms with E-state index in [4.69, 9.17) is 16.1 Å². The first-order valence-electron chi connectivity index (χ1n) is 5.48. The summed E-state index contributed by atoms with van der Waals surface area (Å²) in [4.78, 5) is 12.3. The molecule has 2 heterocycles. The van der Waals surface area contributed by atoms with Crippen LogP contribution >= 0.6 is 11.6 Å². The van der Waals surface area contributed by atoms with Crippen LogP contribution in [0.2, 0.25) is 5.02 Å². The molecular formula is C10H13ClN6O. The third kappa shape index (κ3) is 3.07. The SMILES string of the molecule is CCNc1ncc(Cl)c(NCc2noc(C)n2)n1. The van der Waals surface area contributed by atoms with Crippen molar-refractivity contribution in [2.24, 2.45) is 0 Å². The Labute approximate surface area is 109 Å². The van der Waals surface area contributed by atoms with E-state index in [0.29, 0.717) is 35.0 Å². The molecule has 7 nitrogen and oxygen atoms in total. The summed E-state index contributed by atoms with van der Waals surface area (Å²) in [7, 11) is 0. The second kappa shape index (κ2) is 5.63. The highest BCUT2D eigenvalue weighted by Gasteiger charge is 2.07. The summed E-state index contributed by atoms with van der Waals surface area (Å²) in [5.74, 6) is 2.12. The number of rotatable bonds is 5. The smallest absolute Gasteiger partial charge is 0.224 e. The Morgan fingerprint density at radius 3 is 2.83 bits per heavy atom. The van der Waals surface area contributed by atoms with Gasteiger partial charge in [-0.15, -0.1) is 0 Å². The van der Waals surface area contributed by atoms with E-state index in [1.165, 1.54) is 6.20 Å². The number of aromatic nitrogens is 4. The summed E-state index contributed by atoms with van der Waals surface area (Å²) >= 11 is 5.99. The van der Waals surface area contributed by atoms with E-state index in [9.17, 15) is 0 Å². The number of nitrogens with zero attached hydrogens (tertiary/aromatic N) is 4. The van der Waals surface area contributed by atoms with E-state index >= 15 is 0 Å². The molecule has 0 bridgehead atoms. The van der Waals surface area contributed by atoms with Gasteiger partial charge in [-0.2, -0.15) is 9.97 Å². The van der Waals surface area contributed by atoms with Crippen LogP contribution < -0.4 is 10.6 Å². The lowest BCUT2D eigenvalue weighted by atomic mass is 10.5. The molecule has 2 N–H and O–H groups in total. The molecule has 0 fully saturated rings. The van der Waals surface area contributed by atoms with Crippen LogP contribution in [0.4, 0.5) is 11.8 Å². The monoisotopic (exact) mass is 268 g/mol. The fourth-order valence-electron chi connectivity index (χ4n) is 1.31. The van der Waals surface area contributed by atoms with Gasteiger partial charge in [0, 0.05) is 13.5 Å². The molecule has 0 aromatic carbocycles. The summed E-state index contributed by atoms with van der Waals surface area (Å²) in [6.07, 6.45) is 1.54. The van der Waals surface area contributed by atoms with Crippen molar-refractivity contribution in [1.29, 1.82) is 0 Å². The molecular weight excluding hydrogens is 256 g/mol. The highest BCUT2D eigenvalue weighted by Crippen LogP contribution is 2.19. The van der Waals surface area contributed by atoms with Crippen LogP contribution in [0.1, 0.15) is 18.6 Å². The van der Waals surface area contributed by atoms with Gasteiger partial charge in [-0.05, 0) is 6.92 Å². The fraction of sp³-hybridized carbons (Fsp3) is 0.400. The second-order valence-electron chi connectivity index (χ2n) is 3.50. The number of hydrogen-bond acceptors (Lipinski definition) is 7. The Balaban J connectivity index is 2.05. The lowest BCUT2D eigenvalue weighted by molar-refractivity contribution is 0.388. The van der Waals surface area contributed by atoms with Gasteiger partial charge in [0.15, 0.2) is 11.6 Å². The molecule has 0 aliphatic rings. The van der Waals surface area contributed by atoms with Gasteiger partial charge in [0.25, 0.3) is 0 Å². The van der Waals surface area contributed by atoms with Crippen molar-refractivity contribution in [3.05, 3.63) is 22.9 Å². The molecule has 18 heavy (non-hydrogen) atoms. The summed E-state index contributed by atoms with van der Waals surface area (Å²) in [5.41, 5.74) is 0. The topological polar surface area (TPSA) is 88.8 Å². The minimum absolute atomic E-state index is 0.389. The van der Waals surface area contributed by atoms with E-state index < -0.39 is 0 Å². The zero-order chi connectivity index (χ0) is 13.0. The lowest BCUT2D eigenvalue weighted by Gasteiger charge is -2.07. The molecule has 2 aromatic heterocycles. The van der Waals surface area contributed by atoms with Gasteiger partial charge in [-0.3, -0.25) is 0 Å². The molecule has 0 saturated heterocycles. The van der Waals surface area contributed by atoms with Crippen molar-refractivity contribution in [2.45, 2.75) is 20.4 Å². The van der Waals surface area contributed by atoms with Crippen molar-refractivity contribution in [2.75, 3.05) is 17.2 Å². The molecule has 96 valence electrons. The first-order chi connectivity index (χ1) is 8.69. The number of halogens is 1. The minimum Gasteiger partial charge on any atom is -0.361 e. The Kier molecular flexibility index (Phi) is 3.93. The van der Waals surface area contributed by atoms with Gasteiger partial charge < -0.3 is 15.2 Å².